The largest absolute Gasteiger partial charge is 0.349 e. The van der Waals surface area contributed by atoms with Gasteiger partial charge < -0.3 is 5.32 Å². The number of hydrogen-bond acceptors (Lipinski definition) is 3. The minimum absolute atomic E-state index is 0.0973. The molecule has 0 aliphatic rings. The Morgan fingerprint density at radius 2 is 2.16 bits per heavy atom. The summed E-state index contributed by atoms with van der Waals surface area (Å²) < 4.78 is 35.6. The maximum absolute atomic E-state index is 13.3. The summed E-state index contributed by atoms with van der Waals surface area (Å²) in [5.41, 5.74) is -0.0973. The van der Waals surface area contributed by atoms with E-state index in [-0.39, 0.29) is 11.6 Å². The molecular formula is C12H15FN2O3S. The third-order valence-electron chi connectivity index (χ3n) is 2.36. The van der Waals surface area contributed by atoms with E-state index in [4.69, 9.17) is 5.14 Å². The van der Waals surface area contributed by atoms with Gasteiger partial charge in [-0.2, -0.15) is 0 Å². The van der Waals surface area contributed by atoms with Crippen LogP contribution >= 0.6 is 0 Å². The second-order valence-electron chi connectivity index (χ2n) is 4.12. The Balaban J connectivity index is 3.04. The number of hydrogen-bond donors (Lipinski definition) is 2. The van der Waals surface area contributed by atoms with Crippen molar-refractivity contribution in [2.24, 2.45) is 5.14 Å². The normalized spacial score (nSPS) is 12.8. The van der Waals surface area contributed by atoms with Gasteiger partial charge in [-0.15, -0.1) is 6.58 Å². The zero-order valence-electron chi connectivity index (χ0n) is 10.4. The Labute approximate surface area is 111 Å². The zero-order chi connectivity index (χ0) is 14.6. The maximum Gasteiger partial charge on any atom is 0.251 e. The lowest BCUT2D eigenvalue weighted by molar-refractivity contribution is 0.0940. The number of carbonyl (C=O) groups excluding carboxylic acids is 1. The van der Waals surface area contributed by atoms with Crippen molar-refractivity contribution < 1.29 is 17.6 Å². The lowest BCUT2D eigenvalue weighted by Gasteiger charge is -2.12. The van der Waals surface area contributed by atoms with Crippen LogP contribution in [0.4, 0.5) is 4.39 Å². The number of rotatable bonds is 5. The fraction of sp³-hybridized carbons (Fsp3) is 0.250. The molecule has 1 rings (SSSR count). The Bertz CT molecular complexity index is 599. The van der Waals surface area contributed by atoms with Crippen LogP contribution in [0.5, 0.6) is 0 Å². The summed E-state index contributed by atoms with van der Waals surface area (Å²) in [6.45, 7) is 5.28. The molecule has 0 heterocycles. The molecule has 0 spiro atoms. The summed E-state index contributed by atoms with van der Waals surface area (Å²) in [7, 11) is -4.06. The summed E-state index contributed by atoms with van der Waals surface area (Å²) in [6, 6.07) is 2.56. The average molecular weight is 286 g/mol. The summed E-state index contributed by atoms with van der Waals surface area (Å²) in [5.74, 6) is -1.41. The Kier molecular flexibility index (Phi) is 4.79. The van der Waals surface area contributed by atoms with Gasteiger partial charge in [0.25, 0.3) is 5.91 Å². The minimum atomic E-state index is -4.06. The van der Waals surface area contributed by atoms with Gasteiger partial charge in [0.05, 0.1) is 4.90 Å². The Morgan fingerprint density at radius 3 is 2.68 bits per heavy atom. The van der Waals surface area contributed by atoms with Gasteiger partial charge in [0.15, 0.2) is 0 Å². The molecule has 19 heavy (non-hydrogen) atoms. The van der Waals surface area contributed by atoms with Gasteiger partial charge in [-0.25, -0.2) is 17.9 Å². The van der Waals surface area contributed by atoms with E-state index in [1.807, 2.05) is 0 Å². The summed E-state index contributed by atoms with van der Waals surface area (Å²) in [5, 5.41) is 7.49. The van der Waals surface area contributed by atoms with Crippen LogP contribution in [0.15, 0.2) is 35.7 Å². The summed E-state index contributed by atoms with van der Waals surface area (Å²) in [6.07, 6.45) is 2.18. The van der Waals surface area contributed by atoms with Crippen molar-refractivity contribution in [3.63, 3.8) is 0 Å². The molecule has 0 saturated heterocycles. The van der Waals surface area contributed by atoms with Gasteiger partial charge in [-0.05, 0) is 31.5 Å². The zero-order valence-corrected chi connectivity index (χ0v) is 11.2. The van der Waals surface area contributed by atoms with Gasteiger partial charge in [-0.3, -0.25) is 4.79 Å². The van der Waals surface area contributed by atoms with Gasteiger partial charge in [0.2, 0.25) is 10.0 Å². The monoisotopic (exact) mass is 286 g/mol. The third-order valence-corrected chi connectivity index (χ3v) is 3.25. The first-order chi connectivity index (χ1) is 8.74. The number of primary sulfonamides is 1. The number of nitrogens with one attached hydrogen (secondary N) is 1. The molecule has 104 valence electrons. The average Bonchev–Trinajstić information content (AvgIpc) is 2.27. The fourth-order valence-electron chi connectivity index (χ4n) is 1.47. The second kappa shape index (κ2) is 5.94. The molecular weight excluding hydrogens is 271 g/mol. The molecule has 0 aliphatic heterocycles. The van der Waals surface area contributed by atoms with E-state index >= 15 is 0 Å². The molecule has 1 amide bonds. The smallest absolute Gasteiger partial charge is 0.251 e. The SMILES string of the molecule is C=CCC(C)NC(=O)c1cc(F)cc(S(N)(=O)=O)c1. The number of halogens is 1. The van der Waals surface area contributed by atoms with Crippen LogP contribution in [-0.2, 0) is 10.0 Å². The van der Waals surface area contributed by atoms with Crippen LogP contribution in [-0.4, -0.2) is 20.4 Å². The Morgan fingerprint density at radius 1 is 1.53 bits per heavy atom. The fourth-order valence-corrected chi connectivity index (χ4v) is 2.04. The Hall–Kier alpha value is -1.73. The number of sulfonamides is 1. The molecule has 3 N–H and O–H groups in total. The van der Waals surface area contributed by atoms with E-state index in [9.17, 15) is 17.6 Å². The van der Waals surface area contributed by atoms with Crippen molar-refractivity contribution >= 4 is 15.9 Å². The van der Waals surface area contributed by atoms with Crippen LogP contribution in [0.2, 0.25) is 0 Å². The van der Waals surface area contributed by atoms with E-state index in [0.717, 1.165) is 18.2 Å². The maximum atomic E-state index is 13.3. The highest BCUT2D eigenvalue weighted by molar-refractivity contribution is 7.89. The third kappa shape index (κ3) is 4.46. The van der Waals surface area contributed by atoms with Crippen molar-refractivity contribution in [1.29, 1.82) is 0 Å². The van der Waals surface area contributed by atoms with Crippen LogP contribution in [0.1, 0.15) is 23.7 Å². The molecule has 5 nitrogen and oxygen atoms in total. The van der Waals surface area contributed by atoms with Gasteiger partial charge in [-0.1, -0.05) is 6.08 Å². The van der Waals surface area contributed by atoms with Crippen molar-refractivity contribution in [1.82, 2.24) is 5.32 Å². The second-order valence-corrected chi connectivity index (χ2v) is 5.68. The molecule has 0 aromatic heterocycles. The first-order valence-electron chi connectivity index (χ1n) is 5.49. The predicted molar refractivity (Wildman–Crippen MR) is 69.5 cm³/mol. The van der Waals surface area contributed by atoms with Gasteiger partial charge >= 0.3 is 0 Å². The molecule has 1 aromatic rings. The number of carbonyl (C=O) groups is 1. The van der Waals surface area contributed by atoms with Crippen molar-refractivity contribution in [3.8, 4) is 0 Å². The van der Waals surface area contributed by atoms with E-state index in [1.54, 1.807) is 13.0 Å². The first-order valence-corrected chi connectivity index (χ1v) is 7.04. The molecule has 1 aromatic carbocycles. The lowest BCUT2D eigenvalue weighted by atomic mass is 10.1. The van der Waals surface area contributed by atoms with Gasteiger partial charge in [0, 0.05) is 11.6 Å². The number of nitrogens with two attached hydrogens (primary N) is 1. The molecule has 7 heteroatoms. The summed E-state index contributed by atoms with van der Waals surface area (Å²) >= 11 is 0. The molecule has 0 saturated carbocycles. The molecule has 0 bridgehead atoms. The topological polar surface area (TPSA) is 89.3 Å². The summed E-state index contributed by atoms with van der Waals surface area (Å²) in [4.78, 5) is 11.4. The van der Waals surface area contributed by atoms with Crippen LogP contribution < -0.4 is 10.5 Å². The highest BCUT2D eigenvalue weighted by atomic mass is 32.2. The van der Waals surface area contributed by atoms with E-state index < -0.39 is 26.6 Å². The first kappa shape index (κ1) is 15.3. The predicted octanol–water partition coefficient (Wildman–Crippen LogP) is 1.17. The molecule has 0 radical (unpaired) electrons. The number of benzene rings is 1. The van der Waals surface area contributed by atoms with Crippen LogP contribution in [0, 0.1) is 5.82 Å². The van der Waals surface area contributed by atoms with Crippen LogP contribution in [0.25, 0.3) is 0 Å². The van der Waals surface area contributed by atoms with E-state index in [0.29, 0.717) is 6.42 Å². The van der Waals surface area contributed by atoms with Crippen molar-refractivity contribution in [2.45, 2.75) is 24.3 Å². The highest BCUT2D eigenvalue weighted by Crippen LogP contribution is 2.13. The minimum Gasteiger partial charge on any atom is -0.349 e. The molecule has 1 atom stereocenters. The standard InChI is InChI=1S/C12H15FN2O3S/c1-3-4-8(2)15-12(16)9-5-10(13)7-11(6-9)19(14,17)18/h3,5-8H,1,4H2,2H3,(H,15,16)(H2,14,17,18). The van der Waals surface area contributed by atoms with E-state index in [1.165, 1.54) is 0 Å². The van der Waals surface area contributed by atoms with Gasteiger partial charge in [0.1, 0.15) is 5.82 Å². The quantitative estimate of drug-likeness (QED) is 0.796. The van der Waals surface area contributed by atoms with Crippen molar-refractivity contribution in [2.75, 3.05) is 0 Å². The lowest BCUT2D eigenvalue weighted by Crippen LogP contribution is -2.32. The van der Waals surface area contributed by atoms with E-state index in [2.05, 4.69) is 11.9 Å². The molecule has 0 fully saturated rings. The molecule has 0 aliphatic carbocycles. The van der Waals surface area contributed by atoms with Crippen molar-refractivity contribution in [3.05, 3.63) is 42.2 Å². The highest BCUT2D eigenvalue weighted by Gasteiger charge is 2.15. The molecule has 1 unspecified atom stereocenters. The number of amides is 1. The van der Waals surface area contributed by atoms with Crippen LogP contribution in [0.3, 0.4) is 0 Å².